The number of hydrogen-bond donors (Lipinski definition) is 2. The van der Waals surface area contributed by atoms with Crippen molar-refractivity contribution in [3.05, 3.63) is 11.9 Å². The van der Waals surface area contributed by atoms with Gasteiger partial charge in [0.05, 0.1) is 12.6 Å². The zero-order valence-corrected chi connectivity index (χ0v) is 11.8. The molecular formula is C13H19F3N4O. The molecular weight excluding hydrogens is 285 g/mol. The molecule has 1 aliphatic rings. The molecule has 5 nitrogen and oxygen atoms in total. The molecule has 1 unspecified atom stereocenters. The maximum atomic E-state index is 12.9. The molecule has 1 saturated heterocycles. The van der Waals surface area contributed by atoms with Crippen molar-refractivity contribution >= 4 is 11.6 Å². The summed E-state index contributed by atoms with van der Waals surface area (Å²) in [5.41, 5.74) is 0. The molecule has 0 spiro atoms. The summed E-state index contributed by atoms with van der Waals surface area (Å²) < 4.78 is 38.7. The van der Waals surface area contributed by atoms with E-state index in [1.54, 1.807) is 4.90 Å². The molecule has 2 N–H and O–H groups in total. The van der Waals surface area contributed by atoms with E-state index < -0.39 is 12.0 Å². The van der Waals surface area contributed by atoms with Crippen molar-refractivity contribution in [1.82, 2.24) is 9.97 Å². The van der Waals surface area contributed by atoms with E-state index in [1.165, 1.54) is 6.07 Å². The third-order valence-electron chi connectivity index (χ3n) is 3.40. The van der Waals surface area contributed by atoms with E-state index in [0.717, 1.165) is 19.3 Å². The molecule has 0 saturated carbocycles. The van der Waals surface area contributed by atoms with Crippen LogP contribution in [0.1, 0.15) is 32.0 Å². The molecule has 8 heteroatoms. The van der Waals surface area contributed by atoms with Gasteiger partial charge in [0.15, 0.2) is 0 Å². The van der Waals surface area contributed by atoms with Gasteiger partial charge in [-0.15, -0.1) is 0 Å². The predicted molar refractivity (Wildman–Crippen MR) is 73.3 cm³/mol. The number of aliphatic hydroxyl groups excluding tert-OH is 1. The van der Waals surface area contributed by atoms with Crippen LogP contribution in [0.2, 0.25) is 0 Å². The SMILES string of the molecule is CCCNc1cc(N2CCCC2CO)nc(C(F)(F)F)n1. The molecule has 0 aliphatic carbocycles. The van der Waals surface area contributed by atoms with Gasteiger partial charge in [0, 0.05) is 19.2 Å². The Bertz CT molecular complexity index is 481. The van der Waals surface area contributed by atoms with Gasteiger partial charge in [-0.3, -0.25) is 0 Å². The molecule has 1 atom stereocenters. The molecule has 0 bridgehead atoms. The number of anilines is 2. The van der Waals surface area contributed by atoms with Crippen molar-refractivity contribution in [2.75, 3.05) is 29.9 Å². The minimum absolute atomic E-state index is 0.0942. The van der Waals surface area contributed by atoms with Crippen LogP contribution in [0, 0.1) is 0 Å². The second-order valence-electron chi connectivity index (χ2n) is 5.03. The maximum Gasteiger partial charge on any atom is 0.451 e. The van der Waals surface area contributed by atoms with Gasteiger partial charge in [-0.05, 0) is 19.3 Å². The lowest BCUT2D eigenvalue weighted by Gasteiger charge is -2.25. The van der Waals surface area contributed by atoms with E-state index in [4.69, 9.17) is 0 Å². The van der Waals surface area contributed by atoms with Crippen molar-refractivity contribution in [1.29, 1.82) is 0 Å². The maximum absolute atomic E-state index is 12.9. The van der Waals surface area contributed by atoms with Crippen molar-refractivity contribution in [3.63, 3.8) is 0 Å². The molecule has 0 amide bonds. The average molecular weight is 304 g/mol. The third kappa shape index (κ3) is 3.75. The largest absolute Gasteiger partial charge is 0.451 e. The number of hydrogen-bond acceptors (Lipinski definition) is 5. The molecule has 1 aromatic rings. The van der Waals surface area contributed by atoms with E-state index >= 15 is 0 Å². The lowest BCUT2D eigenvalue weighted by molar-refractivity contribution is -0.144. The summed E-state index contributed by atoms with van der Waals surface area (Å²) in [6.07, 6.45) is -2.23. The highest BCUT2D eigenvalue weighted by Gasteiger charge is 2.36. The summed E-state index contributed by atoms with van der Waals surface area (Å²) >= 11 is 0. The van der Waals surface area contributed by atoms with E-state index in [2.05, 4.69) is 15.3 Å². The highest BCUT2D eigenvalue weighted by Crippen LogP contribution is 2.31. The van der Waals surface area contributed by atoms with Crippen LogP contribution in [-0.4, -0.2) is 40.8 Å². The lowest BCUT2D eigenvalue weighted by atomic mass is 10.2. The highest BCUT2D eigenvalue weighted by molar-refractivity contribution is 5.51. The highest BCUT2D eigenvalue weighted by atomic mass is 19.4. The van der Waals surface area contributed by atoms with Crippen LogP contribution < -0.4 is 10.2 Å². The zero-order valence-electron chi connectivity index (χ0n) is 11.8. The summed E-state index contributed by atoms with van der Waals surface area (Å²) in [5, 5.41) is 12.2. The summed E-state index contributed by atoms with van der Waals surface area (Å²) in [5.74, 6) is -0.771. The monoisotopic (exact) mass is 304 g/mol. The van der Waals surface area contributed by atoms with Crippen molar-refractivity contribution < 1.29 is 18.3 Å². The van der Waals surface area contributed by atoms with E-state index in [-0.39, 0.29) is 24.3 Å². The molecule has 21 heavy (non-hydrogen) atoms. The smallest absolute Gasteiger partial charge is 0.394 e. The molecule has 1 aliphatic heterocycles. The normalized spacial score (nSPS) is 19.1. The van der Waals surface area contributed by atoms with Crippen LogP contribution in [0.4, 0.5) is 24.8 Å². The van der Waals surface area contributed by atoms with Gasteiger partial charge in [-0.1, -0.05) is 6.92 Å². The van der Waals surface area contributed by atoms with Crippen LogP contribution >= 0.6 is 0 Å². The lowest BCUT2D eigenvalue weighted by Crippen LogP contribution is -2.33. The second-order valence-corrected chi connectivity index (χ2v) is 5.03. The Hall–Kier alpha value is -1.57. The first kappa shape index (κ1) is 15.8. The quantitative estimate of drug-likeness (QED) is 0.874. The Labute approximate surface area is 121 Å². The number of aliphatic hydroxyl groups is 1. The minimum Gasteiger partial charge on any atom is -0.394 e. The first-order valence-electron chi connectivity index (χ1n) is 7.03. The Morgan fingerprint density at radius 2 is 2.19 bits per heavy atom. The summed E-state index contributed by atoms with van der Waals surface area (Å²) in [7, 11) is 0. The Kier molecular flexibility index (Phi) is 4.87. The van der Waals surface area contributed by atoms with Crippen LogP contribution in [0.25, 0.3) is 0 Å². The van der Waals surface area contributed by atoms with E-state index in [0.29, 0.717) is 13.1 Å². The van der Waals surface area contributed by atoms with Gasteiger partial charge in [0.2, 0.25) is 5.82 Å². The topological polar surface area (TPSA) is 61.3 Å². The molecule has 2 rings (SSSR count). The number of nitrogens with one attached hydrogen (secondary N) is 1. The van der Waals surface area contributed by atoms with Gasteiger partial charge < -0.3 is 15.3 Å². The van der Waals surface area contributed by atoms with Gasteiger partial charge in [0.1, 0.15) is 11.6 Å². The fourth-order valence-corrected chi connectivity index (χ4v) is 2.38. The minimum atomic E-state index is -4.59. The Balaban J connectivity index is 2.35. The number of halogens is 3. The molecule has 1 fully saturated rings. The molecule has 0 aromatic carbocycles. The molecule has 2 heterocycles. The third-order valence-corrected chi connectivity index (χ3v) is 3.40. The molecule has 1 aromatic heterocycles. The fraction of sp³-hybridized carbons (Fsp3) is 0.692. The Morgan fingerprint density at radius 3 is 2.81 bits per heavy atom. The fourth-order valence-electron chi connectivity index (χ4n) is 2.38. The first-order chi connectivity index (χ1) is 9.95. The van der Waals surface area contributed by atoms with E-state index in [1.807, 2.05) is 6.92 Å². The summed E-state index contributed by atoms with van der Waals surface area (Å²) in [6.45, 7) is 2.95. The summed E-state index contributed by atoms with van der Waals surface area (Å²) in [6, 6.07) is 1.33. The average Bonchev–Trinajstić information content (AvgIpc) is 2.92. The summed E-state index contributed by atoms with van der Waals surface area (Å²) in [4.78, 5) is 8.88. The predicted octanol–water partition coefficient (Wildman–Crippen LogP) is 2.28. The number of alkyl halides is 3. The van der Waals surface area contributed by atoms with Gasteiger partial charge in [-0.2, -0.15) is 13.2 Å². The Morgan fingerprint density at radius 1 is 1.43 bits per heavy atom. The van der Waals surface area contributed by atoms with Gasteiger partial charge in [0.25, 0.3) is 0 Å². The second kappa shape index (κ2) is 6.46. The standard InChI is InChI=1S/C13H19F3N4O/c1-2-5-17-10-7-11(19-12(18-10)13(14,15)16)20-6-3-4-9(20)8-21/h7,9,21H,2-6,8H2,1H3,(H,17,18,19). The number of aromatic nitrogens is 2. The van der Waals surface area contributed by atoms with Crippen LogP contribution in [0.15, 0.2) is 6.07 Å². The van der Waals surface area contributed by atoms with E-state index in [9.17, 15) is 18.3 Å². The van der Waals surface area contributed by atoms with Gasteiger partial charge >= 0.3 is 6.18 Å². The van der Waals surface area contributed by atoms with Crippen LogP contribution in [0.5, 0.6) is 0 Å². The van der Waals surface area contributed by atoms with Crippen molar-refractivity contribution in [2.24, 2.45) is 0 Å². The van der Waals surface area contributed by atoms with Gasteiger partial charge in [-0.25, -0.2) is 9.97 Å². The molecule has 118 valence electrons. The number of nitrogens with zero attached hydrogens (tertiary/aromatic N) is 3. The molecule has 0 radical (unpaired) electrons. The van der Waals surface area contributed by atoms with Crippen molar-refractivity contribution in [2.45, 2.75) is 38.4 Å². The van der Waals surface area contributed by atoms with Crippen molar-refractivity contribution in [3.8, 4) is 0 Å². The van der Waals surface area contributed by atoms with Crippen LogP contribution in [-0.2, 0) is 6.18 Å². The first-order valence-corrected chi connectivity index (χ1v) is 7.03. The van der Waals surface area contributed by atoms with Crippen LogP contribution in [0.3, 0.4) is 0 Å². The zero-order chi connectivity index (χ0) is 15.5. The number of rotatable bonds is 5.